The van der Waals surface area contributed by atoms with Crippen molar-refractivity contribution < 1.29 is 14.4 Å². The molecule has 0 fully saturated rings. The molecule has 6 nitrogen and oxygen atoms in total. The minimum Gasteiger partial charge on any atom is -0.374 e. The summed E-state index contributed by atoms with van der Waals surface area (Å²) < 4.78 is 5.14. The lowest BCUT2D eigenvalue weighted by Crippen LogP contribution is -2.34. The van der Waals surface area contributed by atoms with E-state index in [4.69, 9.17) is 9.57 Å². The fourth-order valence-corrected chi connectivity index (χ4v) is 1.59. The number of benzene rings is 1. The molecule has 1 aromatic heterocycles. The van der Waals surface area contributed by atoms with Crippen molar-refractivity contribution in [2.45, 2.75) is 20.3 Å². The van der Waals surface area contributed by atoms with Gasteiger partial charge < -0.3 is 9.72 Å². The first-order chi connectivity index (χ1) is 9.24. The first-order valence-electron chi connectivity index (χ1n) is 6.31. The number of nitrogens with one attached hydrogen (secondary N) is 1. The van der Waals surface area contributed by atoms with Gasteiger partial charge in [-0.1, -0.05) is 19.1 Å². The summed E-state index contributed by atoms with van der Waals surface area (Å²) in [5.74, 6) is 0. The van der Waals surface area contributed by atoms with E-state index in [1.165, 1.54) is 5.06 Å². The molecule has 1 aromatic carbocycles. The van der Waals surface area contributed by atoms with Gasteiger partial charge >= 0.3 is 12.1 Å². The Bertz CT molecular complexity index is 520. The van der Waals surface area contributed by atoms with E-state index >= 15 is 0 Å². The van der Waals surface area contributed by atoms with Gasteiger partial charge in [0.05, 0.1) is 17.6 Å². The zero-order chi connectivity index (χ0) is 13.7. The monoisotopic (exact) mass is 263 g/mol. The van der Waals surface area contributed by atoms with Crippen LogP contribution >= 0.6 is 0 Å². The standard InChI is InChI=1S/C13H17N3O3/c1-3-9-18-16(4-2)13(17)19-12-14-10-7-5-6-8-11(10)15-12/h5-8H,3-4,9H2,1-2H3,(H,14,15). The summed E-state index contributed by atoms with van der Waals surface area (Å²) >= 11 is 0. The second kappa shape index (κ2) is 6.19. The van der Waals surface area contributed by atoms with E-state index in [0.717, 1.165) is 17.5 Å². The lowest BCUT2D eigenvalue weighted by molar-refractivity contribution is -0.125. The number of hydroxylamine groups is 2. The minimum absolute atomic E-state index is 0.171. The second-order valence-electron chi connectivity index (χ2n) is 3.96. The molecule has 2 aromatic rings. The number of aromatic nitrogens is 2. The fraction of sp³-hybridized carbons (Fsp3) is 0.385. The highest BCUT2D eigenvalue weighted by molar-refractivity contribution is 5.76. The largest absolute Gasteiger partial charge is 0.441 e. The van der Waals surface area contributed by atoms with Crippen LogP contribution in [0, 0.1) is 0 Å². The quantitative estimate of drug-likeness (QED) is 0.842. The molecule has 6 heteroatoms. The van der Waals surface area contributed by atoms with Crippen molar-refractivity contribution in [3.63, 3.8) is 0 Å². The van der Waals surface area contributed by atoms with Crippen molar-refractivity contribution in [3.05, 3.63) is 24.3 Å². The number of imidazole rings is 1. The molecule has 1 amide bonds. The van der Waals surface area contributed by atoms with E-state index in [-0.39, 0.29) is 6.01 Å². The maximum atomic E-state index is 11.8. The first kappa shape index (κ1) is 13.4. The predicted molar refractivity (Wildman–Crippen MR) is 70.7 cm³/mol. The van der Waals surface area contributed by atoms with Crippen molar-refractivity contribution in [3.8, 4) is 6.01 Å². The van der Waals surface area contributed by atoms with Crippen LogP contribution in [-0.2, 0) is 4.84 Å². The molecule has 0 aliphatic rings. The molecular weight excluding hydrogens is 246 g/mol. The van der Waals surface area contributed by atoms with E-state index in [2.05, 4.69) is 9.97 Å². The molecule has 0 atom stereocenters. The number of hydrogen-bond donors (Lipinski definition) is 1. The molecule has 0 spiro atoms. The minimum atomic E-state index is -0.574. The van der Waals surface area contributed by atoms with E-state index in [1.54, 1.807) is 0 Å². The van der Waals surface area contributed by atoms with Gasteiger partial charge in [0.2, 0.25) is 0 Å². The van der Waals surface area contributed by atoms with E-state index in [0.29, 0.717) is 13.2 Å². The van der Waals surface area contributed by atoms with Crippen LogP contribution in [0.25, 0.3) is 11.0 Å². The topological polar surface area (TPSA) is 67.4 Å². The zero-order valence-corrected chi connectivity index (χ0v) is 11.0. The smallest absolute Gasteiger partial charge is 0.374 e. The van der Waals surface area contributed by atoms with Crippen molar-refractivity contribution in [1.29, 1.82) is 0 Å². The van der Waals surface area contributed by atoms with Crippen LogP contribution < -0.4 is 4.74 Å². The van der Waals surface area contributed by atoms with Gasteiger partial charge in [-0.15, -0.1) is 0 Å². The van der Waals surface area contributed by atoms with Crippen molar-refractivity contribution in [2.24, 2.45) is 0 Å². The number of carbonyl (C=O) groups excluding carboxylic acids is 1. The van der Waals surface area contributed by atoms with Crippen LogP contribution in [0.15, 0.2) is 24.3 Å². The second-order valence-corrected chi connectivity index (χ2v) is 3.96. The average Bonchev–Trinajstić information content (AvgIpc) is 2.81. The van der Waals surface area contributed by atoms with Gasteiger partial charge in [-0.25, -0.2) is 4.79 Å². The lowest BCUT2D eigenvalue weighted by Gasteiger charge is -2.17. The molecule has 1 heterocycles. The summed E-state index contributed by atoms with van der Waals surface area (Å²) in [4.78, 5) is 24.2. The van der Waals surface area contributed by atoms with Crippen LogP contribution in [0.3, 0.4) is 0 Å². The Morgan fingerprint density at radius 1 is 1.37 bits per heavy atom. The summed E-state index contributed by atoms with van der Waals surface area (Å²) in [5, 5.41) is 1.18. The van der Waals surface area contributed by atoms with E-state index in [9.17, 15) is 4.79 Å². The van der Waals surface area contributed by atoms with Gasteiger partial charge in [-0.2, -0.15) is 10.0 Å². The molecule has 0 aliphatic carbocycles. The van der Waals surface area contributed by atoms with Crippen molar-refractivity contribution in [2.75, 3.05) is 13.2 Å². The third-order valence-electron chi connectivity index (χ3n) is 2.49. The number of rotatable bonds is 5. The fourth-order valence-electron chi connectivity index (χ4n) is 1.59. The number of amides is 1. The van der Waals surface area contributed by atoms with Crippen LogP contribution in [0.2, 0.25) is 0 Å². The Morgan fingerprint density at radius 3 is 2.84 bits per heavy atom. The lowest BCUT2D eigenvalue weighted by atomic mass is 10.3. The van der Waals surface area contributed by atoms with E-state index < -0.39 is 6.09 Å². The average molecular weight is 263 g/mol. The highest BCUT2D eigenvalue weighted by Crippen LogP contribution is 2.15. The maximum absolute atomic E-state index is 11.8. The van der Waals surface area contributed by atoms with Crippen LogP contribution in [0.1, 0.15) is 20.3 Å². The van der Waals surface area contributed by atoms with E-state index in [1.807, 2.05) is 38.1 Å². The maximum Gasteiger partial charge on any atom is 0.441 e. The molecular formula is C13H17N3O3. The molecule has 0 unspecified atom stereocenters. The number of para-hydroxylation sites is 2. The molecule has 0 saturated carbocycles. The Labute approximate surface area is 111 Å². The number of ether oxygens (including phenoxy) is 1. The molecule has 0 radical (unpaired) electrons. The molecule has 0 bridgehead atoms. The number of fused-ring (bicyclic) bond motifs is 1. The van der Waals surface area contributed by atoms with Gasteiger partial charge in [0, 0.05) is 6.54 Å². The number of H-pyrrole nitrogens is 1. The van der Waals surface area contributed by atoms with Crippen LogP contribution in [-0.4, -0.2) is 34.3 Å². The Hall–Kier alpha value is -2.08. The zero-order valence-electron chi connectivity index (χ0n) is 11.0. The van der Waals surface area contributed by atoms with Gasteiger partial charge in [-0.3, -0.25) is 4.84 Å². The predicted octanol–water partition coefficient (Wildman–Crippen LogP) is 2.73. The SMILES string of the molecule is CCCON(CC)C(=O)Oc1nc2ccccc2[nH]1. The first-order valence-corrected chi connectivity index (χ1v) is 6.31. The number of nitrogens with zero attached hydrogens (tertiary/aromatic N) is 2. The Morgan fingerprint density at radius 2 is 2.16 bits per heavy atom. The van der Waals surface area contributed by atoms with Gasteiger partial charge in [0.25, 0.3) is 0 Å². The molecule has 2 rings (SSSR count). The molecule has 19 heavy (non-hydrogen) atoms. The number of aromatic amines is 1. The molecule has 102 valence electrons. The molecule has 1 N–H and O–H groups in total. The summed E-state index contributed by atoms with van der Waals surface area (Å²) in [6.45, 7) is 4.68. The third kappa shape index (κ3) is 3.23. The van der Waals surface area contributed by atoms with Gasteiger partial charge in [0.1, 0.15) is 0 Å². The number of carbonyl (C=O) groups is 1. The van der Waals surface area contributed by atoms with Crippen molar-refractivity contribution in [1.82, 2.24) is 15.0 Å². The number of hydrogen-bond acceptors (Lipinski definition) is 4. The van der Waals surface area contributed by atoms with Crippen LogP contribution in [0.5, 0.6) is 6.01 Å². The summed E-state index contributed by atoms with van der Waals surface area (Å²) in [5.41, 5.74) is 1.57. The normalized spacial score (nSPS) is 10.6. The van der Waals surface area contributed by atoms with Crippen LogP contribution in [0.4, 0.5) is 4.79 Å². The van der Waals surface area contributed by atoms with Gasteiger partial charge in [0.15, 0.2) is 0 Å². The highest BCUT2D eigenvalue weighted by atomic mass is 16.7. The summed E-state index contributed by atoms with van der Waals surface area (Å²) in [6.07, 6.45) is 0.254. The Kier molecular flexibility index (Phi) is 4.35. The highest BCUT2D eigenvalue weighted by Gasteiger charge is 2.16. The molecule has 0 saturated heterocycles. The third-order valence-corrected chi connectivity index (χ3v) is 2.49. The summed E-state index contributed by atoms with van der Waals surface area (Å²) in [7, 11) is 0. The van der Waals surface area contributed by atoms with Crippen molar-refractivity contribution >= 4 is 17.1 Å². The molecule has 0 aliphatic heterocycles. The summed E-state index contributed by atoms with van der Waals surface area (Å²) in [6, 6.07) is 7.63. The van der Waals surface area contributed by atoms with Gasteiger partial charge in [-0.05, 0) is 25.5 Å². The Balaban J connectivity index is 2.04.